The van der Waals surface area contributed by atoms with Crippen molar-refractivity contribution < 1.29 is 16.8 Å². The van der Waals surface area contributed by atoms with E-state index in [2.05, 4.69) is 13.2 Å². The third-order valence-corrected chi connectivity index (χ3v) is 3.78. The molecule has 0 aliphatic heterocycles. The maximum atomic E-state index is 10.3. The SMILES string of the molecule is C=C[C@@H](C)CS(N)(=O)=O.C=C[C@H](C)CS(N)(=O)=O. The standard InChI is InChI=1S/2C5H11NO2S/c2*1-3-5(2)4-9(6,7)8/h2*3,5H,1,4H2,2H3,(H2,6,7,8)/t2*5-/m10/s1. The molecule has 8 heteroatoms. The van der Waals surface area contributed by atoms with Gasteiger partial charge in [0, 0.05) is 0 Å². The molecule has 0 rings (SSSR count). The number of allylic oxidation sites excluding steroid dienone is 2. The minimum atomic E-state index is -3.31. The van der Waals surface area contributed by atoms with Gasteiger partial charge in [0.15, 0.2) is 0 Å². The third kappa shape index (κ3) is 17.7. The zero-order valence-corrected chi connectivity index (χ0v) is 12.4. The predicted octanol–water partition coefficient (Wildman–Crippen LogP) is 0.194. The number of rotatable bonds is 6. The van der Waals surface area contributed by atoms with Crippen LogP contribution in [0.2, 0.25) is 0 Å². The van der Waals surface area contributed by atoms with Gasteiger partial charge in [0.25, 0.3) is 0 Å². The van der Waals surface area contributed by atoms with Crippen molar-refractivity contribution in [1.29, 1.82) is 0 Å². The van der Waals surface area contributed by atoms with Crippen molar-refractivity contribution >= 4 is 20.0 Å². The van der Waals surface area contributed by atoms with Crippen LogP contribution >= 0.6 is 0 Å². The second kappa shape index (κ2) is 8.41. The highest BCUT2D eigenvalue weighted by atomic mass is 32.2. The smallest absolute Gasteiger partial charge is 0.209 e. The van der Waals surface area contributed by atoms with Crippen LogP contribution in [-0.4, -0.2) is 28.3 Å². The molecule has 0 unspecified atom stereocenters. The summed E-state index contributed by atoms with van der Waals surface area (Å²) >= 11 is 0. The molecule has 0 aliphatic carbocycles. The maximum Gasteiger partial charge on any atom is 0.209 e. The summed E-state index contributed by atoms with van der Waals surface area (Å²) in [5.41, 5.74) is 0. The molecule has 0 amide bonds. The molecule has 0 radical (unpaired) electrons. The first-order valence-corrected chi connectivity index (χ1v) is 8.60. The number of primary sulfonamides is 2. The van der Waals surface area contributed by atoms with Gasteiger partial charge in [0.05, 0.1) is 11.5 Å². The summed E-state index contributed by atoms with van der Waals surface area (Å²) in [6.07, 6.45) is 3.12. The van der Waals surface area contributed by atoms with E-state index in [1.54, 1.807) is 26.0 Å². The summed E-state index contributed by atoms with van der Waals surface area (Å²) < 4.78 is 41.3. The Balaban J connectivity index is 0. The molecule has 0 aromatic rings. The van der Waals surface area contributed by atoms with Crippen molar-refractivity contribution in [3.63, 3.8) is 0 Å². The van der Waals surface area contributed by atoms with E-state index in [-0.39, 0.29) is 23.3 Å². The predicted molar refractivity (Wildman–Crippen MR) is 74.7 cm³/mol. The highest BCUT2D eigenvalue weighted by Gasteiger charge is 2.06. The summed E-state index contributed by atoms with van der Waals surface area (Å²) in [6, 6.07) is 0. The van der Waals surface area contributed by atoms with Gasteiger partial charge in [-0.15, -0.1) is 13.2 Å². The van der Waals surface area contributed by atoms with Crippen LogP contribution in [0.3, 0.4) is 0 Å². The Kier molecular flexibility index (Phi) is 9.17. The quantitative estimate of drug-likeness (QED) is 0.680. The van der Waals surface area contributed by atoms with Crippen LogP contribution in [0.4, 0.5) is 0 Å². The molecule has 0 aromatic heterocycles. The fourth-order valence-electron chi connectivity index (χ4n) is 0.869. The molecule has 0 aliphatic rings. The summed E-state index contributed by atoms with van der Waals surface area (Å²) in [7, 11) is -6.61. The Hall–Kier alpha value is -0.700. The summed E-state index contributed by atoms with van der Waals surface area (Å²) in [5, 5.41) is 9.47. The van der Waals surface area contributed by atoms with Gasteiger partial charge in [-0.1, -0.05) is 26.0 Å². The first kappa shape index (κ1) is 19.6. The Labute approximate surface area is 110 Å². The van der Waals surface area contributed by atoms with Crippen LogP contribution in [0, 0.1) is 11.8 Å². The topological polar surface area (TPSA) is 120 Å². The van der Waals surface area contributed by atoms with E-state index in [1.807, 2.05) is 0 Å². The molecule has 2 atom stereocenters. The van der Waals surface area contributed by atoms with E-state index >= 15 is 0 Å². The van der Waals surface area contributed by atoms with E-state index in [1.165, 1.54) is 0 Å². The van der Waals surface area contributed by atoms with E-state index in [0.717, 1.165) is 0 Å². The van der Waals surface area contributed by atoms with Crippen LogP contribution in [-0.2, 0) is 20.0 Å². The summed E-state index contributed by atoms with van der Waals surface area (Å²) in [4.78, 5) is 0. The highest BCUT2D eigenvalue weighted by Crippen LogP contribution is 1.97. The average Bonchev–Trinajstić information content (AvgIpc) is 2.13. The molecule has 6 nitrogen and oxygen atoms in total. The van der Waals surface area contributed by atoms with Gasteiger partial charge in [-0.25, -0.2) is 27.1 Å². The molecule has 108 valence electrons. The van der Waals surface area contributed by atoms with Crippen LogP contribution in [0.5, 0.6) is 0 Å². The van der Waals surface area contributed by atoms with Gasteiger partial charge in [-0.2, -0.15) is 0 Å². The Morgan fingerprint density at radius 1 is 0.889 bits per heavy atom. The summed E-state index contributed by atoms with van der Waals surface area (Å²) in [6.45, 7) is 10.3. The van der Waals surface area contributed by atoms with Gasteiger partial charge in [0.2, 0.25) is 20.0 Å². The lowest BCUT2D eigenvalue weighted by molar-refractivity contribution is 0.588. The summed E-state index contributed by atoms with van der Waals surface area (Å²) in [5.74, 6) is -0.146. The first-order chi connectivity index (χ1) is 7.91. The van der Waals surface area contributed by atoms with E-state index in [4.69, 9.17) is 10.3 Å². The lowest BCUT2D eigenvalue weighted by Gasteiger charge is -2.00. The fraction of sp³-hybridized carbons (Fsp3) is 0.600. The van der Waals surface area contributed by atoms with Crippen molar-refractivity contribution in [2.24, 2.45) is 22.1 Å². The van der Waals surface area contributed by atoms with Crippen LogP contribution in [0.25, 0.3) is 0 Å². The largest absolute Gasteiger partial charge is 0.229 e. The molecule has 0 fully saturated rings. The van der Waals surface area contributed by atoms with E-state index in [0.29, 0.717) is 0 Å². The molecule has 0 spiro atoms. The minimum Gasteiger partial charge on any atom is -0.229 e. The Morgan fingerprint density at radius 3 is 1.17 bits per heavy atom. The molecular formula is C10H22N2O4S2. The van der Waals surface area contributed by atoms with Gasteiger partial charge in [0.1, 0.15) is 0 Å². The van der Waals surface area contributed by atoms with Gasteiger partial charge in [-0.3, -0.25) is 0 Å². The first-order valence-electron chi connectivity index (χ1n) is 5.17. The third-order valence-electron chi connectivity index (χ3n) is 1.80. The van der Waals surface area contributed by atoms with E-state index < -0.39 is 20.0 Å². The van der Waals surface area contributed by atoms with Crippen molar-refractivity contribution in [1.82, 2.24) is 0 Å². The molecule has 0 bridgehead atoms. The second-order valence-electron chi connectivity index (χ2n) is 4.09. The van der Waals surface area contributed by atoms with Gasteiger partial charge < -0.3 is 0 Å². The number of hydrogen-bond acceptors (Lipinski definition) is 4. The molecule has 18 heavy (non-hydrogen) atoms. The highest BCUT2D eigenvalue weighted by molar-refractivity contribution is 7.89. The average molecular weight is 298 g/mol. The molecule has 0 aromatic carbocycles. The van der Waals surface area contributed by atoms with Crippen LogP contribution in [0.15, 0.2) is 25.3 Å². The van der Waals surface area contributed by atoms with Crippen molar-refractivity contribution in [3.8, 4) is 0 Å². The van der Waals surface area contributed by atoms with Crippen LogP contribution < -0.4 is 10.3 Å². The van der Waals surface area contributed by atoms with Gasteiger partial charge in [-0.05, 0) is 11.8 Å². The lowest BCUT2D eigenvalue weighted by Crippen LogP contribution is -2.20. The Morgan fingerprint density at radius 2 is 1.11 bits per heavy atom. The lowest BCUT2D eigenvalue weighted by atomic mass is 10.2. The number of hydrogen-bond donors (Lipinski definition) is 2. The molecule has 4 N–H and O–H groups in total. The zero-order chi connectivity index (χ0) is 15.0. The normalized spacial score (nSPS) is 14.9. The molecular weight excluding hydrogens is 276 g/mol. The molecule has 0 saturated carbocycles. The molecule has 0 saturated heterocycles. The minimum absolute atomic E-state index is 0.0174. The van der Waals surface area contributed by atoms with Crippen molar-refractivity contribution in [3.05, 3.63) is 25.3 Å². The number of sulfonamides is 2. The van der Waals surface area contributed by atoms with Crippen molar-refractivity contribution in [2.75, 3.05) is 11.5 Å². The van der Waals surface area contributed by atoms with Crippen molar-refractivity contribution in [2.45, 2.75) is 13.8 Å². The second-order valence-corrected chi connectivity index (χ2v) is 7.40. The maximum absolute atomic E-state index is 10.3. The van der Waals surface area contributed by atoms with Crippen LogP contribution in [0.1, 0.15) is 13.8 Å². The van der Waals surface area contributed by atoms with Gasteiger partial charge >= 0.3 is 0 Å². The monoisotopic (exact) mass is 298 g/mol. The zero-order valence-electron chi connectivity index (χ0n) is 10.7. The fourth-order valence-corrected chi connectivity index (χ4v) is 2.61. The number of nitrogens with two attached hydrogens (primary N) is 2. The molecule has 0 heterocycles. The van der Waals surface area contributed by atoms with E-state index in [9.17, 15) is 16.8 Å². The Bertz CT molecular complexity index is 410.